The normalized spacial score (nSPS) is 10.7. The summed E-state index contributed by atoms with van der Waals surface area (Å²) < 4.78 is 11.3. The highest BCUT2D eigenvalue weighted by Crippen LogP contribution is 2.19. The average Bonchev–Trinajstić information content (AvgIpc) is 2.60. The molecule has 0 aliphatic heterocycles. The van der Waals surface area contributed by atoms with Crippen LogP contribution in [0.5, 0.6) is 11.5 Å². The van der Waals surface area contributed by atoms with Crippen LogP contribution < -0.4 is 20.1 Å². The van der Waals surface area contributed by atoms with Crippen LogP contribution in [0.25, 0.3) is 0 Å². The summed E-state index contributed by atoms with van der Waals surface area (Å²) in [5.74, 6) is 1.94. The molecule has 0 heterocycles. The molecule has 1 amide bonds. The minimum Gasteiger partial charge on any atom is -0.493 e. The van der Waals surface area contributed by atoms with E-state index in [1.807, 2.05) is 62.4 Å². The smallest absolute Gasteiger partial charge is 0.243 e. The van der Waals surface area contributed by atoms with Gasteiger partial charge in [-0.15, -0.1) is 0 Å². The van der Waals surface area contributed by atoms with Crippen molar-refractivity contribution in [3.8, 4) is 11.5 Å². The van der Waals surface area contributed by atoms with Gasteiger partial charge in [-0.2, -0.15) is 0 Å². The van der Waals surface area contributed by atoms with Crippen LogP contribution >= 0.6 is 0 Å². The molecule has 0 aromatic heterocycles. The van der Waals surface area contributed by atoms with E-state index in [2.05, 4.69) is 24.5 Å². The third kappa shape index (κ3) is 7.05. The second-order valence-electron chi connectivity index (χ2n) is 6.83. The monoisotopic (exact) mass is 356 g/mol. The Morgan fingerprint density at radius 2 is 1.69 bits per heavy atom. The van der Waals surface area contributed by atoms with Crippen LogP contribution in [0.1, 0.15) is 27.7 Å². The van der Waals surface area contributed by atoms with Gasteiger partial charge in [-0.25, -0.2) is 0 Å². The highest BCUT2D eigenvalue weighted by Gasteiger charge is 2.05. The van der Waals surface area contributed by atoms with Gasteiger partial charge in [0.15, 0.2) is 0 Å². The van der Waals surface area contributed by atoms with Crippen molar-refractivity contribution in [1.82, 2.24) is 0 Å². The van der Waals surface area contributed by atoms with Crippen molar-refractivity contribution in [2.45, 2.75) is 33.8 Å². The van der Waals surface area contributed by atoms with E-state index in [1.54, 1.807) is 0 Å². The molecule has 140 valence electrons. The van der Waals surface area contributed by atoms with Crippen LogP contribution in [0.2, 0.25) is 0 Å². The highest BCUT2D eigenvalue weighted by atomic mass is 16.5. The molecular formula is C21H28N2O3. The fraction of sp³-hybridized carbons (Fsp3) is 0.381. The van der Waals surface area contributed by atoms with Gasteiger partial charge in [-0.3, -0.25) is 4.79 Å². The summed E-state index contributed by atoms with van der Waals surface area (Å²) in [5, 5.41) is 5.97. The lowest BCUT2D eigenvalue weighted by atomic mass is 10.2. The molecule has 0 saturated heterocycles. The number of anilines is 2. The predicted molar refractivity (Wildman–Crippen MR) is 106 cm³/mol. The molecule has 0 unspecified atom stereocenters. The highest BCUT2D eigenvalue weighted by molar-refractivity contribution is 5.93. The minimum atomic E-state index is -0.115. The van der Waals surface area contributed by atoms with Crippen LogP contribution in [0.3, 0.4) is 0 Å². The van der Waals surface area contributed by atoms with E-state index in [0.29, 0.717) is 12.5 Å². The van der Waals surface area contributed by atoms with Gasteiger partial charge in [0.1, 0.15) is 11.5 Å². The lowest BCUT2D eigenvalue weighted by Crippen LogP contribution is -2.21. The summed E-state index contributed by atoms with van der Waals surface area (Å²) in [4.78, 5) is 12.1. The van der Waals surface area contributed by atoms with Gasteiger partial charge in [0.05, 0.1) is 19.3 Å². The number of carbonyl (C=O) groups excluding carboxylic acids is 1. The van der Waals surface area contributed by atoms with Gasteiger partial charge in [0, 0.05) is 17.4 Å². The van der Waals surface area contributed by atoms with Crippen molar-refractivity contribution in [1.29, 1.82) is 0 Å². The predicted octanol–water partition coefficient (Wildman–Crippen LogP) is 4.56. The quantitative estimate of drug-likeness (QED) is 0.691. The summed E-state index contributed by atoms with van der Waals surface area (Å²) in [5.41, 5.74) is 1.59. The number of ether oxygens (including phenoxy) is 2. The molecule has 5 nitrogen and oxygen atoms in total. The Morgan fingerprint density at radius 1 is 0.962 bits per heavy atom. The van der Waals surface area contributed by atoms with Crippen LogP contribution in [-0.4, -0.2) is 25.2 Å². The zero-order valence-electron chi connectivity index (χ0n) is 15.9. The largest absolute Gasteiger partial charge is 0.493 e. The molecular weight excluding hydrogens is 328 g/mol. The number of carbonyl (C=O) groups is 1. The van der Waals surface area contributed by atoms with Crippen LogP contribution in [0.4, 0.5) is 11.4 Å². The van der Waals surface area contributed by atoms with E-state index < -0.39 is 0 Å². The maximum Gasteiger partial charge on any atom is 0.243 e. The number of rotatable bonds is 9. The van der Waals surface area contributed by atoms with Crippen molar-refractivity contribution in [2.24, 2.45) is 5.92 Å². The zero-order valence-corrected chi connectivity index (χ0v) is 15.9. The minimum absolute atomic E-state index is 0.115. The van der Waals surface area contributed by atoms with E-state index in [4.69, 9.17) is 9.47 Å². The Labute approximate surface area is 155 Å². The van der Waals surface area contributed by atoms with Crippen LogP contribution in [0.15, 0.2) is 48.5 Å². The van der Waals surface area contributed by atoms with Gasteiger partial charge in [0.25, 0.3) is 0 Å². The Bertz CT molecular complexity index is 697. The summed E-state index contributed by atoms with van der Waals surface area (Å²) in [6.07, 6.45) is 0.125. The Morgan fingerprint density at radius 3 is 2.35 bits per heavy atom. The summed E-state index contributed by atoms with van der Waals surface area (Å²) in [6, 6.07) is 15.0. The van der Waals surface area contributed by atoms with Crippen LogP contribution in [-0.2, 0) is 4.79 Å². The molecule has 2 aromatic carbocycles. The van der Waals surface area contributed by atoms with Crippen molar-refractivity contribution in [2.75, 3.05) is 23.8 Å². The Kier molecular flexibility index (Phi) is 7.33. The fourth-order valence-electron chi connectivity index (χ4n) is 2.24. The SMILES string of the molecule is CC(C)COc1cccc(NCC(=O)Nc2ccc(OC(C)C)cc2)c1. The van der Waals surface area contributed by atoms with E-state index in [0.717, 1.165) is 22.9 Å². The zero-order chi connectivity index (χ0) is 18.9. The molecule has 26 heavy (non-hydrogen) atoms. The molecule has 5 heteroatoms. The van der Waals surface area contributed by atoms with Crippen molar-refractivity contribution in [3.63, 3.8) is 0 Å². The maximum absolute atomic E-state index is 12.1. The fourth-order valence-corrected chi connectivity index (χ4v) is 2.24. The van der Waals surface area contributed by atoms with Gasteiger partial charge < -0.3 is 20.1 Å². The second kappa shape index (κ2) is 9.70. The molecule has 0 fully saturated rings. The summed E-state index contributed by atoms with van der Waals surface area (Å²) in [6.45, 7) is 9.01. The van der Waals surface area contributed by atoms with Gasteiger partial charge in [-0.05, 0) is 56.2 Å². The van der Waals surface area contributed by atoms with Crippen molar-refractivity contribution in [3.05, 3.63) is 48.5 Å². The number of nitrogens with one attached hydrogen (secondary N) is 2. The molecule has 0 aliphatic rings. The first-order chi connectivity index (χ1) is 12.4. The lowest BCUT2D eigenvalue weighted by molar-refractivity contribution is -0.114. The number of benzene rings is 2. The van der Waals surface area contributed by atoms with Crippen molar-refractivity contribution < 1.29 is 14.3 Å². The molecule has 0 spiro atoms. The van der Waals surface area contributed by atoms with E-state index in [1.165, 1.54) is 0 Å². The summed E-state index contributed by atoms with van der Waals surface area (Å²) >= 11 is 0. The maximum atomic E-state index is 12.1. The number of hydrogen-bond acceptors (Lipinski definition) is 4. The Balaban J connectivity index is 1.82. The third-order valence-corrected chi connectivity index (χ3v) is 3.38. The first kappa shape index (κ1) is 19.6. The van der Waals surface area contributed by atoms with E-state index in [9.17, 15) is 4.79 Å². The standard InChI is InChI=1S/C21H28N2O3/c1-15(2)14-25-20-7-5-6-18(12-20)22-13-21(24)23-17-8-10-19(11-9-17)26-16(3)4/h5-12,15-16,22H,13-14H2,1-4H3,(H,23,24). The molecule has 0 bridgehead atoms. The average molecular weight is 356 g/mol. The molecule has 0 radical (unpaired) electrons. The van der Waals surface area contributed by atoms with Gasteiger partial charge >= 0.3 is 0 Å². The third-order valence-electron chi connectivity index (χ3n) is 3.38. The lowest BCUT2D eigenvalue weighted by Gasteiger charge is -2.12. The number of amides is 1. The second-order valence-corrected chi connectivity index (χ2v) is 6.83. The molecule has 2 N–H and O–H groups in total. The molecule has 0 saturated carbocycles. The van der Waals surface area contributed by atoms with E-state index in [-0.39, 0.29) is 18.6 Å². The van der Waals surface area contributed by atoms with Gasteiger partial charge in [0.2, 0.25) is 5.91 Å². The molecule has 0 atom stereocenters. The first-order valence-corrected chi connectivity index (χ1v) is 8.95. The van der Waals surface area contributed by atoms with Crippen molar-refractivity contribution >= 4 is 17.3 Å². The molecule has 2 rings (SSSR count). The van der Waals surface area contributed by atoms with Gasteiger partial charge in [-0.1, -0.05) is 19.9 Å². The Hall–Kier alpha value is -2.69. The van der Waals surface area contributed by atoms with Crippen LogP contribution in [0, 0.1) is 5.92 Å². The first-order valence-electron chi connectivity index (χ1n) is 8.95. The topological polar surface area (TPSA) is 59.6 Å². The number of hydrogen-bond donors (Lipinski definition) is 2. The summed E-state index contributed by atoms with van der Waals surface area (Å²) in [7, 11) is 0. The molecule has 0 aliphatic carbocycles. The van der Waals surface area contributed by atoms with E-state index >= 15 is 0 Å². The molecule has 2 aromatic rings.